The maximum Gasteiger partial charge on any atom is 0.159 e. The minimum Gasteiger partial charge on any atom is -0.323 e. The molecule has 0 saturated carbocycles. The second-order valence-corrected chi connectivity index (χ2v) is 5.46. The Kier molecular flexibility index (Phi) is 4.88. The smallest absolute Gasteiger partial charge is 0.159 e. The van der Waals surface area contributed by atoms with Crippen LogP contribution in [-0.2, 0) is 0 Å². The number of piperidine rings is 1. The predicted octanol–water partition coefficient (Wildman–Crippen LogP) is 3.09. The lowest BCUT2D eigenvalue weighted by atomic mass is 9.95. The van der Waals surface area contributed by atoms with Gasteiger partial charge in [0.1, 0.15) is 0 Å². The monoisotopic (exact) mass is 268 g/mol. The fourth-order valence-electron chi connectivity index (χ4n) is 2.78. The Labute approximate surface area is 113 Å². The molecule has 4 heteroatoms. The van der Waals surface area contributed by atoms with Crippen molar-refractivity contribution in [3.8, 4) is 0 Å². The third kappa shape index (κ3) is 3.74. The highest BCUT2D eigenvalue weighted by Crippen LogP contribution is 2.22. The molecule has 2 rings (SSSR count). The van der Waals surface area contributed by atoms with E-state index in [1.165, 1.54) is 25.3 Å². The summed E-state index contributed by atoms with van der Waals surface area (Å²) < 4.78 is 26.1. The first-order valence-electron chi connectivity index (χ1n) is 7.03. The van der Waals surface area contributed by atoms with Gasteiger partial charge in [-0.05, 0) is 43.0 Å². The molecule has 0 bridgehead atoms. The molecule has 0 aliphatic carbocycles. The van der Waals surface area contributed by atoms with Gasteiger partial charge in [-0.3, -0.25) is 0 Å². The van der Waals surface area contributed by atoms with Crippen LogP contribution in [0.5, 0.6) is 0 Å². The number of hydrogen-bond donors (Lipinski definition) is 1. The first kappa shape index (κ1) is 14.4. The molecule has 1 aromatic rings. The zero-order valence-corrected chi connectivity index (χ0v) is 11.4. The van der Waals surface area contributed by atoms with E-state index in [1.807, 2.05) is 0 Å². The molecule has 1 aliphatic heterocycles. The SMILES string of the molecule is CCC1CCCN(CC(N)c2ccc(F)c(F)c2)C1. The van der Waals surface area contributed by atoms with Crippen LogP contribution in [0.4, 0.5) is 8.78 Å². The molecule has 2 N–H and O–H groups in total. The summed E-state index contributed by atoms with van der Waals surface area (Å²) in [4.78, 5) is 2.34. The van der Waals surface area contributed by atoms with Gasteiger partial charge in [0, 0.05) is 19.1 Å². The molecule has 2 nitrogen and oxygen atoms in total. The van der Waals surface area contributed by atoms with Crippen molar-refractivity contribution in [3.05, 3.63) is 35.4 Å². The van der Waals surface area contributed by atoms with Crippen molar-refractivity contribution < 1.29 is 8.78 Å². The van der Waals surface area contributed by atoms with Crippen LogP contribution in [0.15, 0.2) is 18.2 Å². The van der Waals surface area contributed by atoms with Crippen LogP contribution >= 0.6 is 0 Å². The minimum atomic E-state index is -0.821. The lowest BCUT2D eigenvalue weighted by molar-refractivity contribution is 0.163. The topological polar surface area (TPSA) is 29.3 Å². The number of halogens is 2. The van der Waals surface area contributed by atoms with Gasteiger partial charge in [0.2, 0.25) is 0 Å². The first-order chi connectivity index (χ1) is 9.10. The Morgan fingerprint density at radius 2 is 2.16 bits per heavy atom. The fourth-order valence-corrected chi connectivity index (χ4v) is 2.78. The van der Waals surface area contributed by atoms with E-state index >= 15 is 0 Å². The molecular weight excluding hydrogens is 246 g/mol. The highest BCUT2D eigenvalue weighted by Gasteiger charge is 2.21. The maximum absolute atomic E-state index is 13.2. The molecule has 1 aliphatic rings. The normalized spacial score (nSPS) is 22.4. The van der Waals surface area contributed by atoms with Gasteiger partial charge in [-0.15, -0.1) is 0 Å². The van der Waals surface area contributed by atoms with Crippen LogP contribution in [0.25, 0.3) is 0 Å². The average molecular weight is 268 g/mol. The zero-order chi connectivity index (χ0) is 13.8. The lowest BCUT2D eigenvalue weighted by Crippen LogP contribution is -2.39. The van der Waals surface area contributed by atoms with E-state index in [0.717, 1.165) is 25.1 Å². The van der Waals surface area contributed by atoms with E-state index in [1.54, 1.807) is 6.07 Å². The van der Waals surface area contributed by atoms with E-state index in [0.29, 0.717) is 12.1 Å². The number of nitrogens with zero attached hydrogens (tertiary/aromatic N) is 1. The summed E-state index contributed by atoms with van der Waals surface area (Å²) in [5.74, 6) is -0.899. The van der Waals surface area contributed by atoms with Gasteiger partial charge >= 0.3 is 0 Å². The number of rotatable bonds is 4. The van der Waals surface area contributed by atoms with Gasteiger partial charge in [-0.2, -0.15) is 0 Å². The third-order valence-electron chi connectivity index (χ3n) is 4.01. The standard InChI is InChI=1S/C15H22F2N2/c1-2-11-4-3-7-19(9-11)10-15(18)12-5-6-13(16)14(17)8-12/h5-6,8,11,15H,2-4,7,9-10,18H2,1H3. The van der Waals surface area contributed by atoms with Crippen LogP contribution in [0.3, 0.4) is 0 Å². The van der Waals surface area contributed by atoms with E-state index in [4.69, 9.17) is 5.73 Å². The second-order valence-electron chi connectivity index (χ2n) is 5.46. The van der Waals surface area contributed by atoms with E-state index in [-0.39, 0.29) is 6.04 Å². The van der Waals surface area contributed by atoms with Crippen molar-refractivity contribution in [1.29, 1.82) is 0 Å². The molecule has 2 atom stereocenters. The summed E-state index contributed by atoms with van der Waals surface area (Å²) >= 11 is 0. The molecular formula is C15H22F2N2. The van der Waals surface area contributed by atoms with Crippen LogP contribution in [0.1, 0.15) is 37.8 Å². The molecule has 0 spiro atoms. The Morgan fingerprint density at radius 1 is 1.37 bits per heavy atom. The Hall–Kier alpha value is -1.00. The molecule has 1 aromatic carbocycles. The fraction of sp³-hybridized carbons (Fsp3) is 0.600. The summed E-state index contributed by atoms with van der Waals surface area (Å²) in [5, 5.41) is 0. The molecule has 1 saturated heterocycles. The van der Waals surface area contributed by atoms with Crippen molar-refractivity contribution in [1.82, 2.24) is 4.90 Å². The minimum absolute atomic E-state index is 0.259. The zero-order valence-electron chi connectivity index (χ0n) is 11.4. The molecule has 0 radical (unpaired) electrons. The van der Waals surface area contributed by atoms with Gasteiger partial charge < -0.3 is 10.6 Å². The number of nitrogens with two attached hydrogens (primary N) is 1. The first-order valence-corrected chi connectivity index (χ1v) is 7.03. The van der Waals surface area contributed by atoms with Crippen molar-refractivity contribution >= 4 is 0 Å². The number of benzene rings is 1. The van der Waals surface area contributed by atoms with E-state index in [2.05, 4.69) is 11.8 Å². The molecule has 0 amide bonds. The summed E-state index contributed by atoms with van der Waals surface area (Å²) in [6, 6.07) is 3.67. The molecule has 19 heavy (non-hydrogen) atoms. The Morgan fingerprint density at radius 3 is 2.84 bits per heavy atom. The Bertz CT molecular complexity index is 423. The number of hydrogen-bond acceptors (Lipinski definition) is 2. The van der Waals surface area contributed by atoms with Crippen molar-refractivity contribution in [2.75, 3.05) is 19.6 Å². The third-order valence-corrected chi connectivity index (χ3v) is 4.01. The summed E-state index contributed by atoms with van der Waals surface area (Å²) in [6.07, 6.45) is 3.67. The summed E-state index contributed by atoms with van der Waals surface area (Å²) in [5.41, 5.74) is 6.77. The van der Waals surface area contributed by atoms with Crippen LogP contribution in [-0.4, -0.2) is 24.5 Å². The predicted molar refractivity (Wildman–Crippen MR) is 72.7 cm³/mol. The van der Waals surface area contributed by atoms with Gasteiger partial charge in [-0.1, -0.05) is 19.4 Å². The van der Waals surface area contributed by atoms with Gasteiger partial charge in [0.05, 0.1) is 0 Å². The summed E-state index contributed by atoms with van der Waals surface area (Å²) in [7, 11) is 0. The quantitative estimate of drug-likeness (QED) is 0.909. The van der Waals surface area contributed by atoms with Crippen molar-refractivity contribution in [2.24, 2.45) is 11.7 Å². The maximum atomic E-state index is 13.2. The number of likely N-dealkylation sites (tertiary alicyclic amines) is 1. The highest BCUT2D eigenvalue weighted by molar-refractivity contribution is 5.21. The van der Waals surface area contributed by atoms with E-state index in [9.17, 15) is 8.78 Å². The van der Waals surface area contributed by atoms with Crippen LogP contribution < -0.4 is 5.73 Å². The van der Waals surface area contributed by atoms with Gasteiger partial charge in [0.25, 0.3) is 0 Å². The molecule has 106 valence electrons. The molecule has 2 unspecified atom stereocenters. The van der Waals surface area contributed by atoms with Crippen molar-refractivity contribution in [3.63, 3.8) is 0 Å². The molecule has 1 heterocycles. The van der Waals surface area contributed by atoms with Crippen LogP contribution in [0.2, 0.25) is 0 Å². The Balaban J connectivity index is 1.96. The van der Waals surface area contributed by atoms with Gasteiger partial charge in [-0.25, -0.2) is 8.78 Å². The largest absolute Gasteiger partial charge is 0.323 e. The van der Waals surface area contributed by atoms with Crippen LogP contribution in [0, 0.1) is 17.6 Å². The highest BCUT2D eigenvalue weighted by atomic mass is 19.2. The molecule has 0 aromatic heterocycles. The lowest BCUT2D eigenvalue weighted by Gasteiger charge is -2.33. The average Bonchev–Trinajstić information content (AvgIpc) is 2.42. The summed E-state index contributed by atoms with van der Waals surface area (Å²) in [6.45, 7) is 5.03. The molecule has 1 fully saturated rings. The van der Waals surface area contributed by atoms with E-state index < -0.39 is 11.6 Å². The van der Waals surface area contributed by atoms with Gasteiger partial charge in [0.15, 0.2) is 11.6 Å². The second kappa shape index (κ2) is 6.44. The van der Waals surface area contributed by atoms with Crippen molar-refractivity contribution in [2.45, 2.75) is 32.2 Å².